The van der Waals surface area contributed by atoms with Crippen LogP contribution in [0.5, 0.6) is 0 Å². The zero-order chi connectivity index (χ0) is 9.73. The maximum atomic E-state index is 11.2. The van der Waals surface area contributed by atoms with Crippen molar-refractivity contribution >= 4 is 6.09 Å². The number of piperidine rings is 1. The number of hydrogen-bond acceptors (Lipinski definition) is 3. The molecule has 0 unspecified atom stereocenters. The SMILES string of the molecule is CCNC(=O)OC1(C)CCNCC1. The van der Waals surface area contributed by atoms with Crippen molar-refractivity contribution in [1.82, 2.24) is 10.6 Å². The Morgan fingerprint density at radius 3 is 2.69 bits per heavy atom. The molecule has 1 heterocycles. The van der Waals surface area contributed by atoms with Gasteiger partial charge in [0.05, 0.1) is 0 Å². The highest BCUT2D eigenvalue weighted by Gasteiger charge is 2.30. The summed E-state index contributed by atoms with van der Waals surface area (Å²) < 4.78 is 5.33. The number of carbonyl (C=O) groups excluding carboxylic acids is 1. The lowest BCUT2D eigenvalue weighted by molar-refractivity contribution is 0.00325. The van der Waals surface area contributed by atoms with Crippen LogP contribution in [0.15, 0.2) is 0 Å². The van der Waals surface area contributed by atoms with Crippen molar-refractivity contribution in [2.75, 3.05) is 19.6 Å². The fourth-order valence-electron chi connectivity index (χ4n) is 1.46. The van der Waals surface area contributed by atoms with Gasteiger partial charge in [-0.15, -0.1) is 0 Å². The Kier molecular flexibility index (Phi) is 3.54. The first-order valence-electron chi connectivity index (χ1n) is 4.84. The van der Waals surface area contributed by atoms with Gasteiger partial charge in [-0.25, -0.2) is 4.79 Å². The molecule has 1 fully saturated rings. The number of hydrogen-bond donors (Lipinski definition) is 2. The summed E-state index contributed by atoms with van der Waals surface area (Å²) in [6.45, 7) is 6.34. The van der Waals surface area contributed by atoms with Gasteiger partial charge in [0.15, 0.2) is 0 Å². The Morgan fingerprint density at radius 2 is 2.15 bits per heavy atom. The number of ether oxygens (including phenoxy) is 1. The average Bonchev–Trinajstić information content (AvgIpc) is 2.04. The molecule has 2 N–H and O–H groups in total. The summed E-state index contributed by atoms with van der Waals surface area (Å²) in [4.78, 5) is 11.2. The van der Waals surface area contributed by atoms with Gasteiger partial charge in [-0.2, -0.15) is 0 Å². The molecule has 4 heteroatoms. The highest BCUT2D eigenvalue weighted by Crippen LogP contribution is 2.21. The first kappa shape index (κ1) is 10.3. The van der Waals surface area contributed by atoms with Gasteiger partial charge in [-0.1, -0.05) is 0 Å². The van der Waals surface area contributed by atoms with Gasteiger partial charge in [0.1, 0.15) is 5.60 Å². The van der Waals surface area contributed by atoms with Crippen molar-refractivity contribution in [3.8, 4) is 0 Å². The maximum Gasteiger partial charge on any atom is 0.407 e. The third kappa shape index (κ3) is 3.22. The van der Waals surface area contributed by atoms with Gasteiger partial charge in [0.2, 0.25) is 0 Å². The molecule has 0 spiro atoms. The van der Waals surface area contributed by atoms with E-state index in [4.69, 9.17) is 4.74 Å². The largest absolute Gasteiger partial charge is 0.443 e. The second-order valence-corrected chi connectivity index (χ2v) is 3.62. The number of nitrogens with one attached hydrogen (secondary N) is 2. The smallest absolute Gasteiger partial charge is 0.407 e. The molecule has 0 aromatic heterocycles. The second kappa shape index (κ2) is 4.46. The van der Waals surface area contributed by atoms with E-state index >= 15 is 0 Å². The van der Waals surface area contributed by atoms with Gasteiger partial charge in [0.25, 0.3) is 0 Å². The number of amides is 1. The van der Waals surface area contributed by atoms with Crippen LogP contribution in [-0.4, -0.2) is 31.3 Å². The van der Waals surface area contributed by atoms with Gasteiger partial charge >= 0.3 is 6.09 Å². The molecule has 0 bridgehead atoms. The van der Waals surface area contributed by atoms with Crippen molar-refractivity contribution < 1.29 is 9.53 Å². The van der Waals surface area contributed by atoms with Crippen LogP contribution in [0.25, 0.3) is 0 Å². The van der Waals surface area contributed by atoms with Crippen molar-refractivity contribution in [2.24, 2.45) is 0 Å². The van der Waals surface area contributed by atoms with Gasteiger partial charge in [0, 0.05) is 6.54 Å². The molecule has 0 aliphatic carbocycles. The van der Waals surface area contributed by atoms with Crippen molar-refractivity contribution in [3.05, 3.63) is 0 Å². The molecule has 0 radical (unpaired) electrons. The minimum absolute atomic E-state index is 0.273. The second-order valence-electron chi connectivity index (χ2n) is 3.62. The van der Waals surface area contributed by atoms with E-state index in [9.17, 15) is 4.79 Å². The summed E-state index contributed by atoms with van der Waals surface area (Å²) >= 11 is 0. The van der Waals surface area contributed by atoms with Gasteiger partial charge in [-0.05, 0) is 39.8 Å². The summed E-state index contributed by atoms with van der Waals surface area (Å²) in [7, 11) is 0. The molecule has 76 valence electrons. The molecular weight excluding hydrogens is 168 g/mol. The third-order valence-electron chi connectivity index (χ3n) is 2.32. The van der Waals surface area contributed by atoms with E-state index in [1.54, 1.807) is 0 Å². The predicted molar refractivity (Wildman–Crippen MR) is 50.7 cm³/mol. The van der Waals surface area contributed by atoms with E-state index in [2.05, 4.69) is 10.6 Å². The molecule has 1 aliphatic rings. The van der Waals surface area contributed by atoms with Crippen LogP contribution in [0.2, 0.25) is 0 Å². The summed E-state index contributed by atoms with van der Waals surface area (Å²) in [5.74, 6) is 0. The van der Waals surface area contributed by atoms with Crippen LogP contribution in [0.1, 0.15) is 26.7 Å². The van der Waals surface area contributed by atoms with Crippen molar-refractivity contribution in [1.29, 1.82) is 0 Å². The topological polar surface area (TPSA) is 50.4 Å². The quantitative estimate of drug-likeness (QED) is 0.673. The average molecular weight is 186 g/mol. The third-order valence-corrected chi connectivity index (χ3v) is 2.32. The van der Waals surface area contributed by atoms with Crippen molar-refractivity contribution in [3.63, 3.8) is 0 Å². The highest BCUT2D eigenvalue weighted by atomic mass is 16.6. The zero-order valence-corrected chi connectivity index (χ0v) is 8.35. The van der Waals surface area contributed by atoms with Crippen LogP contribution in [0, 0.1) is 0 Å². The van der Waals surface area contributed by atoms with E-state index in [1.165, 1.54) is 0 Å². The summed E-state index contributed by atoms with van der Waals surface area (Å²) in [6, 6.07) is 0. The first-order valence-corrected chi connectivity index (χ1v) is 4.84. The molecule has 1 saturated heterocycles. The summed E-state index contributed by atoms with van der Waals surface area (Å²) in [6.07, 6.45) is 1.49. The lowest BCUT2D eigenvalue weighted by Crippen LogP contribution is -2.44. The van der Waals surface area contributed by atoms with Crippen molar-refractivity contribution in [2.45, 2.75) is 32.3 Å². The maximum absolute atomic E-state index is 11.2. The minimum Gasteiger partial charge on any atom is -0.443 e. The Bertz CT molecular complexity index is 176. The standard InChI is InChI=1S/C9H18N2O2/c1-3-11-8(12)13-9(2)4-6-10-7-5-9/h10H,3-7H2,1-2H3,(H,11,12). The molecule has 1 aliphatic heterocycles. The highest BCUT2D eigenvalue weighted by molar-refractivity contribution is 5.67. The van der Waals surface area contributed by atoms with E-state index in [-0.39, 0.29) is 11.7 Å². The fourth-order valence-corrected chi connectivity index (χ4v) is 1.46. The molecule has 0 aromatic carbocycles. The molecule has 1 amide bonds. The van der Waals surface area contributed by atoms with Gasteiger partial charge < -0.3 is 15.4 Å². The van der Waals surface area contributed by atoms with E-state index in [1.807, 2.05) is 13.8 Å². The molecule has 1 rings (SSSR count). The van der Waals surface area contributed by atoms with Crippen LogP contribution in [0.4, 0.5) is 4.79 Å². The fraction of sp³-hybridized carbons (Fsp3) is 0.889. The van der Waals surface area contributed by atoms with E-state index in [0.29, 0.717) is 6.54 Å². The Morgan fingerprint density at radius 1 is 1.54 bits per heavy atom. The van der Waals surface area contributed by atoms with Crippen LogP contribution < -0.4 is 10.6 Å². The predicted octanol–water partition coefficient (Wildman–Crippen LogP) is 0.875. The number of carbonyl (C=O) groups is 1. The minimum atomic E-state index is -0.299. The normalized spacial score (nSPS) is 20.8. The first-order chi connectivity index (χ1) is 6.16. The lowest BCUT2D eigenvalue weighted by Gasteiger charge is -2.33. The molecule has 0 aromatic rings. The Balaban J connectivity index is 2.36. The van der Waals surface area contributed by atoms with E-state index in [0.717, 1.165) is 25.9 Å². The Labute approximate surface area is 79.0 Å². The Hall–Kier alpha value is -0.770. The van der Waals surface area contributed by atoms with Crippen LogP contribution >= 0.6 is 0 Å². The molecule has 0 atom stereocenters. The monoisotopic (exact) mass is 186 g/mol. The molecular formula is C9H18N2O2. The number of rotatable bonds is 2. The van der Waals surface area contributed by atoms with Crippen LogP contribution in [-0.2, 0) is 4.74 Å². The lowest BCUT2D eigenvalue weighted by atomic mass is 9.95. The van der Waals surface area contributed by atoms with E-state index < -0.39 is 0 Å². The number of alkyl carbamates (subject to hydrolysis) is 1. The molecule has 0 saturated carbocycles. The molecule has 13 heavy (non-hydrogen) atoms. The van der Waals surface area contributed by atoms with Crippen LogP contribution in [0.3, 0.4) is 0 Å². The zero-order valence-electron chi connectivity index (χ0n) is 8.35. The van der Waals surface area contributed by atoms with Gasteiger partial charge in [-0.3, -0.25) is 0 Å². The molecule has 4 nitrogen and oxygen atoms in total. The summed E-state index contributed by atoms with van der Waals surface area (Å²) in [5, 5.41) is 5.87. The summed E-state index contributed by atoms with van der Waals surface area (Å²) in [5.41, 5.74) is -0.273.